The Morgan fingerprint density at radius 1 is 1.24 bits per heavy atom. The third-order valence-corrected chi connectivity index (χ3v) is 5.68. The highest BCUT2D eigenvalue weighted by molar-refractivity contribution is 6.32. The highest BCUT2D eigenvalue weighted by Gasteiger charge is 2.38. The average Bonchev–Trinajstić information content (AvgIpc) is 3.48. The van der Waals surface area contributed by atoms with E-state index >= 15 is 0 Å². The molecule has 4 aromatic rings. The fourth-order valence-electron chi connectivity index (χ4n) is 3.52. The smallest absolute Gasteiger partial charge is 0.374 e. The summed E-state index contributed by atoms with van der Waals surface area (Å²) in [5, 5.41) is 30.0. The van der Waals surface area contributed by atoms with Crippen molar-refractivity contribution in [3.63, 3.8) is 0 Å². The molecular formula is C21H18Cl2F3N9O2. The molecule has 0 aliphatic heterocycles. The van der Waals surface area contributed by atoms with E-state index in [1.807, 2.05) is 0 Å². The number of anilines is 1. The zero-order valence-corrected chi connectivity index (χ0v) is 20.6. The molecule has 0 fully saturated rings. The van der Waals surface area contributed by atoms with E-state index in [9.17, 15) is 23.1 Å². The lowest BCUT2D eigenvalue weighted by molar-refractivity contribution is -0.147. The molecule has 0 aliphatic rings. The highest BCUT2D eigenvalue weighted by atomic mass is 35.5. The standard InChI is InChI=1S/C21H18Cl2F3N9O2/c1-10-6-11(22)7-13(18(36)27-2)16(10)29-19(37)15-8-12(9-34-20(21(24,25)26)30-32-33-34)31-35(15)17-14(23)4-3-5-28-17/h3-8,18,27,36H,9H2,1-2H3,(H,29,37). The molecule has 3 aromatic heterocycles. The van der Waals surface area contributed by atoms with Gasteiger partial charge in [0.1, 0.15) is 11.9 Å². The molecule has 11 nitrogen and oxygen atoms in total. The van der Waals surface area contributed by atoms with E-state index in [0.29, 0.717) is 20.8 Å². The molecule has 1 aromatic carbocycles. The number of pyridine rings is 1. The number of carbonyl (C=O) groups excluding carboxylic acids is 1. The van der Waals surface area contributed by atoms with Gasteiger partial charge in [-0.25, -0.2) is 14.3 Å². The minimum atomic E-state index is -4.80. The number of carbonyl (C=O) groups is 1. The number of amides is 1. The summed E-state index contributed by atoms with van der Waals surface area (Å²) >= 11 is 12.4. The van der Waals surface area contributed by atoms with E-state index in [0.717, 1.165) is 4.68 Å². The van der Waals surface area contributed by atoms with Crippen LogP contribution >= 0.6 is 23.2 Å². The minimum absolute atomic E-state index is 0.0213. The number of aryl methyl sites for hydroxylation is 1. The topological polar surface area (TPSA) is 136 Å². The Hall–Kier alpha value is -3.59. The van der Waals surface area contributed by atoms with Crippen LogP contribution in [0.25, 0.3) is 5.82 Å². The number of nitrogens with one attached hydrogen (secondary N) is 2. The number of alkyl halides is 3. The van der Waals surface area contributed by atoms with Gasteiger partial charge in [0, 0.05) is 16.8 Å². The summed E-state index contributed by atoms with van der Waals surface area (Å²) in [6.45, 7) is 1.19. The molecule has 0 spiro atoms. The van der Waals surface area contributed by atoms with Gasteiger partial charge < -0.3 is 10.4 Å². The van der Waals surface area contributed by atoms with Crippen LogP contribution in [0.5, 0.6) is 0 Å². The summed E-state index contributed by atoms with van der Waals surface area (Å²) in [5.74, 6) is -1.97. The second-order valence-electron chi connectivity index (χ2n) is 7.73. The quantitative estimate of drug-likeness (QED) is 0.295. The van der Waals surface area contributed by atoms with Gasteiger partial charge in [0.2, 0.25) is 0 Å². The number of aliphatic hydroxyl groups is 1. The van der Waals surface area contributed by atoms with Gasteiger partial charge in [0.15, 0.2) is 5.82 Å². The molecule has 4 rings (SSSR count). The Morgan fingerprint density at radius 2 is 2.00 bits per heavy atom. The first-order valence-corrected chi connectivity index (χ1v) is 11.2. The number of hydrogen-bond donors (Lipinski definition) is 3. The van der Waals surface area contributed by atoms with Gasteiger partial charge in [0.05, 0.1) is 22.9 Å². The molecule has 3 heterocycles. The van der Waals surface area contributed by atoms with Crippen LogP contribution in [-0.4, -0.2) is 53.0 Å². The Balaban J connectivity index is 1.78. The summed E-state index contributed by atoms with van der Waals surface area (Å²) in [5.41, 5.74) is 1.05. The van der Waals surface area contributed by atoms with Gasteiger partial charge in [-0.2, -0.15) is 18.3 Å². The van der Waals surface area contributed by atoms with E-state index in [-0.39, 0.29) is 27.9 Å². The normalized spacial score (nSPS) is 12.5. The largest absolute Gasteiger partial charge is 0.453 e. The molecule has 0 bridgehead atoms. The van der Waals surface area contributed by atoms with Crippen LogP contribution in [-0.2, 0) is 12.7 Å². The third-order valence-electron chi connectivity index (χ3n) is 5.17. The fourth-order valence-corrected chi connectivity index (χ4v) is 4.00. The molecule has 3 N–H and O–H groups in total. The van der Waals surface area contributed by atoms with E-state index in [1.165, 1.54) is 31.4 Å². The SMILES string of the molecule is CNC(O)c1cc(Cl)cc(C)c1NC(=O)c1cc(Cn2nnnc2C(F)(F)F)nn1-c1ncccc1Cl. The zero-order valence-electron chi connectivity index (χ0n) is 19.1. The summed E-state index contributed by atoms with van der Waals surface area (Å²) in [6, 6.07) is 7.43. The van der Waals surface area contributed by atoms with Gasteiger partial charge >= 0.3 is 6.18 Å². The summed E-state index contributed by atoms with van der Waals surface area (Å²) < 4.78 is 41.3. The van der Waals surface area contributed by atoms with Gasteiger partial charge in [-0.15, -0.1) is 5.10 Å². The van der Waals surface area contributed by atoms with Crippen LogP contribution in [0.2, 0.25) is 10.0 Å². The number of rotatable bonds is 7. The Kier molecular flexibility index (Phi) is 7.45. The van der Waals surface area contributed by atoms with Gasteiger partial charge in [-0.05, 0) is 60.3 Å². The number of nitrogens with zero attached hydrogens (tertiary/aromatic N) is 7. The first kappa shape index (κ1) is 26.5. The van der Waals surface area contributed by atoms with Crippen molar-refractivity contribution in [2.75, 3.05) is 12.4 Å². The maximum absolute atomic E-state index is 13.5. The molecule has 0 saturated heterocycles. The van der Waals surface area contributed by atoms with Gasteiger partial charge in [-0.1, -0.05) is 23.2 Å². The van der Waals surface area contributed by atoms with Crippen molar-refractivity contribution in [1.82, 2.24) is 40.3 Å². The van der Waals surface area contributed by atoms with E-state index in [1.54, 1.807) is 19.1 Å². The number of hydrogen-bond acceptors (Lipinski definition) is 8. The molecule has 37 heavy (non-hydrogen) atoms. The Bertz CT molecular complexity index is 1460. The lowest BCUT2D eigenvalue weighted by atomic mass is 10.1. The minimum Gasteiger partial charge on any atom is -0.374 e. The zero-order chi connectivity index (χ0) is 26.9. The maximum atomic E-state index is 13.5. The Labute approximate surface area is 217 Å². The molecule has 194 valence electrons. The van der Waals surface area contributed by atoms with Gasteiger partial charge in [0.25, 0.3) is 11.7 Å². The average molecular weight is 556 g/mol. The van der Waals surface area contributed by atoms with Crippen molar-refractivity contribution >= 4 is 34.8 Å². The number of halogens is 5. The molecule has 0 saturated carbocycles. The molecule has 16 heteroatoms. The van der Waals surface area contributed by atoms with Crippen molar-refractivity contribution in [1.29, 1.82) is 0 Å². The second-order valence-corrected chi connectivity index (χ2v) is 8.58. The van der Waals surface area contributed by atoms with E-state index < -0.39 is 30.7 Å². The number of aromatic nitrogens is 7. The molecule has 1 amide bonds. The predicted molar refractivity (Wildman–Crippen MR) is 126 cm³/mol. The lowest BCUT2D eigenvalue weighted by Gasteiger charge is -2.18. The molecule has 0 radical (unpaired) electrons. The van der Waals surface area contributed by atoms with Crippen LogP contribution in [0.3, 0.4) is 0 Å². The van der Waals surface area contributed by atoms with Crippen LogP contribution in [0.15, 0.2) is 36.5 Å². The summed E-state index contributed by atoms with van der Waals surface area (Å²) in [7, 11) is 1.52. The lowest BCUT2D eigenvalue weighted by Crippen LogP contribution is -2.22. The molecule has 0 aliphatic carbocycles. The first-order chi connectivity index (χ1) is 17.5. The van der Waals surface area contributed by atoms with Crippen molar-refractivity contribution in [2.45, 2.75) is 25.9 Å². The number of benzene rings is 1. The van der Waals surface area contributed by atoms with E-state index in [4.69, 9.17) is 23.2 Å². The van der Waals surface area contributed by atoms with Crippen molar-refractivity contribution in [2.24, 2.45) is 0 Å². The van der Waals surface area contributed by atoms with Crippen LogP contribution in [0.1, 0.15) is 39.4 Å². The molecule has 1 unspecified atom stereocenters. The molecular weight excluding hydrogens is 538 g/mol. The van der Waals surface area contributed by atoms with Crippen LogP contribution in [0, 0.1) is 6.92 Å². The predicted octanol–water partition coefficient (Wildman–Crippen LogP) is 3.40. The van der Waals surface area contributed by atoms with Crippen molar-refractivity contribution in [3.8, 4) is 5.82 Å². The van der Waals surface area contributed by atoms with Crippen molar-refractivity contribution < 1.29 is 23.1 Å². The number of tetrazole rings is 1. The fraction of sp³-hybridized carbons (Fsp3) is 0.238. The highest BCUT2D eigenvalue weighted by Crippen LogP contribution is 2.31. The summed E-state index contributed by atoms with van der Waals surface area (Å²) in [6.07, 6.45) is -4.54. The first-order valence-electron chi connectivity index (χ1n) is 10.5. The Morgan fingerprint density at radius 3 is 2.68 bits per heavy atom. The van der Waals surface area contributed by atoms with Crippen LogP contribution < -0.4 is 10.6 Å². The van der Waals surface area contributed by atoms with Crippen molar-refractivity contribution in [3.05, 3.63) is 74.9 Å². The second kappa shape index (κ2) is 10.4. The molecule has 1 atom stereocenters. The maximum Gasteiger partial charge on any atom is 0.453 e. The number of aliphatic hydroxyl groups excluding tert-OH is 1. The van der Waals surface area contributed by atoms with E-state index in [2.05, 4.69) is 36.2 Å². The van der Waals surface area contributed by atoms with Crippen LogP contribution in [0.4, 0.5) is 18.9 Å². The van der Waals surface area contributed by atoms with Gasteiger partial charge in [-0.3, -0.25) is 10.1 Å². The monoisotopic (exact) mass is 555 g/mol. The summed E-state index contributed by atoms with van der Waals surface area (Å²) in [4.78, 5) is 17.6. The third kappa shape index (κ3) is 5.56.